The lowest BCUT2D eigenvalue weighted by Gasteiger charge is -2.24. The lowest BCUT2D eigenvalue weighted by Crippen LogP contribution is -2.35. The van der Waals surface area contributed by atoms with Gasteiger partial charge in [-0.2, -0.15) is 0 Å². The molecule has 0 aliphatic carbocycles. The molecule has 2 nitrogen and oxygen atoms in total. The van der Waals surface area contributed by atoms with E-state index in [0.717, 1.165) is 19.5 Å². The Morgan fingerprint density at radius 3 is 2.85 bits per heavy atom. The molecule has 1 aliphatic heterocycles. The number of hydrogen-bond acceptors (Lipinski definition) is 2. The molecule has 0 radical (unpaired) electrons. The summed E-state index contributed by atoms with van der Waals surface area (Å²) in [6.45, 7) is 10.7. The molecule has 2 heteroatoms. The van der Waals surface area contributed by atoms with E-state index in [4.69, 9.17) is 0 Å². The molecule has 0 bridgehead atoms. The zero-order chi connectivity index (χ0) is 9.84. The summed E-state index contributed by atoms with van der Waals surface area (Å²) in [5.74, 6) is 0.648. The molecule has 1 N–H and O–H groups in total. The van der Waals surface area contributed by atoms with Crippen LogP contribution in [0.1, 0.15) is 26.7 Å². The van der Waals surface area contributed by atoms with E-state index in [-0.39, 0.29) is 0 Å². The average molecular weight is 183 g/mol. The largest absolute Gasteiger partial charge is 0.395 e. The summed E-state index contributed by atoms with van der Waals surface area (Å²) in [6, 6.07) is 0.388. The van der Waals surface area contributed by atoms with Gasteiger partial charge in [0.25, 0.3) is 0 Å². The number of aliphatic hydroxyl groups excluding tert-OH is 1. The van der Waals surface area contributed by atoms with Gasteiger partial charge in [-0.25, -0.2) is 0 Å². The van der Waals surface area contributed by atoms with E-state index in [9.17, 15) is 5.11 Å². The molecule has 0 amide bonds. The summed E-state index contributed by atoms with van der Waals surface area (Å²) < 4.78 is 0. The normalized spacial score (nSPS) is 29.5. The standard InChI is InChI=1S/C11H21NO/c1-9(2)4-6-12-7-5-10(3)11(12)8-13/h10-11,13H,1,4-8H2,2-3H3. The Labute approximate surface area is 81.2 Å². The van der Waals surface area contributed by atoms with Crippen LogP contribution in [0.4, 0.5) is 0 Å². The summed E-state index contributed by atoms with van der Waals surface area (Å²) >= 11 is 0. The van der Waals surface area contributed by atoms with E-state index >= 15 is 0 Å². The summed E-state index contributed by atoms with van der Waals surface area (Å²) in [5.41, 5.74) is 1.23. The lowest BCUT2D eigenvalue weighted by atomic mass is 10.0. The molecule has 0 saturated carbocycles. The minimum Gasteiger partial charge on any atom is -0.395 e. The minimum absolute atomic E-state index is 0.303. The number of likely N-dealkylation sites (tertiary alicyclic amines) is 1. The Hall–Kier alpha value is -0.340. The van der Waals surface area contributed by atoms with E-state index in [1.54, 1.807) is 0 Å². The highest BCUT2D eigenvalue weighted by Crippen LogP contribution is 2.23. The first-order chi connectivity index (χ1) is 6.15. The molecule has 1 heterocycles. The zero-order valence-electron chi connectivity index (χ0n) is 8.79. The van der Waals surface area contributed by atoms with Gasteiger partial charge in [0, 0.05) is 12.6 Å². The minimum atomic E-state index is 0.303. The molecule has 2 unspecified atom stereocenters. The van der Waals surface area contributed by atoms with Gasteiger partial charge in [0.1, 0.15) is 0 Å². The van der Waals surface area contributed by atoms with Crippen LogP contribution >= 0.6 is 0 Å². The fraction of sp³-hybridized carbons (Fsp3) is 0.818. The van der Waals surface area contributed by atoms with E-state index < -0.39 is 0 Å². The Kier molecular flexibility index (Phi) is 3.94. The number of nitrogens with zero attached hydrogens (tertiary/aromatic N) is 1. The van der Waals surface area contributed by atoms with Crippen molar-refractivity contribution in [1.29, 1.82) is 0 Å². The van der Waals surface area contributed by atoms with Crippen LogP contribution in [-0.4, -0.2) is 35.7 Å². The second-order valence-corrected chi connectivity index (χ2v) is 4.26. The van der Waals surface area contributed by atoms with Crippen molar-refractivity contribution in [3.05, 3.63) is 12.2 Å². The Bertz CT molecular complexity index is 179. The average Bonchev–Trinajstić information content (AvgIpc) is 2.42. The van der Waals surface area contributed by atoms with Crippen molar-refractivity contribution in [3.8, 4) is 0 Å². The van der Waals surface area contributed by atoms with Crippen LogP contribution in [0.3, 0.4) is 0 Å². The second-order valence-electron chi connectivity index (χ2n) is 4.26. The molecule has 0 aromatic carbocycles. The molecule has 1 saturated heterocycles. The summed E-state index contributed by atoms with van der Waals surface area (Å²) in [4.78, 5) is 2.39. The molecule has 1 aliphatic rings. The van der Waals surface area contributed by atoms with Gasteiger partial charge in [0.15, 0.2) is 0 Å². The van der Waals surface area contributed by atoms with Gasteiger partial charge in [-0.15, -0.1) is 6.58 Å². The number of aliphatic hydroxyl groups is 1. The van der Waals surface area contributed by atoms with Crippen LogP contribution in [-0.2, 0) is 0 Å². The van der Waals surface area contributed by atoms with Gasteiger partial charge < -0.3 is 5.11 Å². The SMILES string of the molecule is C=C(C)CCN1CCC(C)C1CO. The van der Waals surface area contributed by atoms with Crippen molar-refractivity contribution in [3.63, 3.8) is 0 Å². The van der Waals surface area contributed by atoms with Crippen molar-refractivity contribution in [1.82, 2.24) is 4.90 Å². The quantitative estimate of drug-likeness (QED) is 0.670. The van der Waals surface area contributed by atoms with E-state index in [2.05, 4.69) is 25.3 Å². The highest BCUT2D eigenvalue weighted by atomic mass is 16.3. The van der Waals surface area contributed by atoms with Crippen LogP contribution in [0.25, 0.3) is 0 Å². The molecular weight excluding hydrogens is 162 g/mol. The van der Waals surface area contributed by atoms with Crippen molar-refractivity contribution in [2.45, 2.75) is 32.7 Å². The van der Waals surface area contributed by atoms with Crippen LogP contribution in [0.5, 0.6) is 0 Å². The first-order valence-corrected chi connectivity index (χ1v) is 5.14. The van der Waals surface area contributed by atoms with E-state index in [1.807, 2.05) is 0 Å². The molecule has 76 valence electrons. The third kappa shape index (κ3) is 2.82. The van der Waals surface area contributed by atoms with Crippen molar-refractivity contribution in [2.24, 2.45) is 5.92 Å². The van der Waals surface area contributed by atoms with Gasteiger partial charge in [-0.3, -0.25) is 4.90 Å². The maximum atomic E-state index is 9.21. The number of hydrogen-bond donors (Lipinski definition) is 1. The highest BCUT2D eigenvalue weighted by molar-refractivity contribution is 4.91. The Morgan fingerprint density at radius 1 is 1.62 bits per heavy atom. The maximum Gasteiger partial charge on any atom is 0.0589 e. The molecule has 2 atom stereocenters. The fourth-order valence-electron chi connectivity index (χ4n) is 2.00. The van der Waals surface area contributed by atoms with Crippen LogP contribution in [0, 0.1) is 5.92 Å². The summed E-state index contributed by atoms with van der Waals surface area (Å²) in [5, 5.41) is 9.21. The predicted molar refractivity (Wildman–Crippen MR) is 55.7 cm³/mol. The number of rotatable bonds is 4. The summed E-state index contributed by atoms with van der Waals surface area (Å²) in [6.07, 6.45) is 2.28. The molecule has 0 aromatic heterocycles. The molecule has 1 fully saturated rings. The third-order valence-corrected chi connectivity index (χ3v) is 3.01. The van der Waals surface area contributed by atoms with Crippen molar-refractivity contribution >= 4 is 0 Å². The fourth-order valence-corrected chi connectivity index (χ4v) is 2.00. The molecule has 13 heavy (non-hydrogen) atoms. The van der Waals surface area contributed by atoms with E-state index in [0.29, 0.717) is 18.6 Å². The second kappa shape index (κ2) is 4.77. The Morgan fingerprint density at radius 2 is 2.31 bits per heavy atom. The van der Waals surface area contributed by atoms with Gasteiger partial charge in [-0.05, 0) is 32.2 Å². The van der Waals surface area contributed by atoms with Crippen LogP contribution < -0.4 is 0 Å². The Balaban J connectivity index is 2.37. The highest BCUT2D eigenvalue weighted by Gasteiger charge is 2.29. The van der Waals surface area contributed by atoms with Crippen LogP contribution in [0.2, 0.25) is 0 Å². The smallest absolute Gasteiger partial charge is 0.0589 e. The van der Waals surface area contributed by atoms with Gasteiger partial charge in [0.2, 0.25) is 0 Å². The first kappa shape index (κ1) is 10.7. The zero-order valence-corrected chi connectivity index (χ0v) is 8.79. The molecule has 0 aromatic rings. The van der Waals surface area contributed by atoms with Gasteiger partial charge in [0.05, 0.1) is 6.61 Å². The molecule has 0 spiro atoms. The molecule has 1 rings (SSSR count). The van der Waals surface area contributed by atoms with E-state index in [1.165, 1.54) is 12.0 Å². The maximum absolute atomic E-state index is 9.21. The third-order valence-electron chi connectivity index (χ3n) is 3.01. The summed E-state index contributed by atoms with van der Waals surface area (Å²) in [7, 11) is 0. The monoisotopic (exact) mass is 183 g/mol. The predicted octanol–water partition coefficient (Wildman–Crippen LogP) is 1.66. The molecular formula is C11H21NO. The topological polar surface area (TPSA) is 23.5 Å². The van der Waals surface area contributed by atoms with Crippen molar-refractivity contribution < 1.29 is 5.11 Å². The van der Waals surface area contributed by atoms with Gasteiger partial charge in [-0.1, -0.05) is 12.5 Å². The lowest BCUT2D eigenvalue weighted by molar-refractivity contribution is 0.140. The van der Waals surface area contributed by atoms with Gasteiger partial charge >= 0.3 is 0 Å². The first-order valence-electron chi connectivity index (χ1n) is 5.14. The van der Waals surface area contributed by atoms with Crippen molar-refractivity contribution in [2.75, 3.05) is 19.7 Å². The van der Waals surface area contributed by atoms with Crippen LogP contribution in [0.15, 0.2) is 12.2 Å².